The van der Waals surface area contributed by atoms with Crippen molar-refractivity contribution in [2.75, 3.05) is 14.2 Å². The predicted molar refractivity (Wildman–Crippen MR) is 86.2 cm³/mol. The highest BCUT2D eigenvalue weighted by Gasteiger charge is 2.15. The van der Waals surface area contributed by atoms with Crippen molar-refractivity contribution in [3.63, 3.8) is 0 Å². The first-order chi connectivity index (χ1) is 9.97. The molecular weight excluding hydrogens is 262 g/mol. The van der Waals surface area contributed by atoms with E-state index in [1.54, 1.807) is 14.2 Å². The summed E-state index contributed by atoms with van der Waals surface area (Å²) in [6, 6.07) is 10.0. The van der Waals surface area contributed by atoms with Crippen molar-refractivity contribution in [2.45, 2.75) is 26.8 Å². The molecule has 0 saturated heterocycles. The third kappa shape index (κ3) is 3.03. The van der Waals surface area contributed by atoms with Gasteiger partial charge in [0.25, 0.3) is 0 Å². The lowest BCUT2D eigenvalue weighted by Crippen LogP contribution is -2.14. The zero-order valence-corrected chi connectivity index (χ0v) is 13.4. The molecule has 0 fully saturated rings. The van der Waals surface area contributed by atoms with Crippen LogP contribution in [-0.4, -0.2) is 14.2 Å². The minimum atomic E-state index is -0.177. The summed E-state index contributed by atoms with van der Waals surface area (Å²) in [5, 5.41) is 0. The first-order valence-electron chi connectivity index (χ1n) is 7.03. The standard InChI is InChI=1S/C18H23NO2/c1-11-8-13(3)15(9-12(11)2)18(19)14-6-7-16(20-4)17(10-14)21-5/h6-10,18H,19H2,1-5H3. The number of ether oxygens (including phenoxy) is 2. The summed E-state index contributed by atoms with van der Waals surface area (Å²) < 4.78 is 10.6. The minimum Gasteiger partial charge on any atom is -0.493 e. The molecule has 0 bridgehead atoms. The van der Waals surface area contributed by atoms with Gasteiger partial charge >= 0.3 is 0 Å². The number of benzene rings is 2. The molecule has 2 N–H and O–H groups in total. The molecule has 0 heterocycles. The molecule has 21 heavy (non-hydrogen) atoms. The van der Waals surface area contributed by atoms with Gasteiger partial charge in [-0.15, -0.1) is 0 Å². The lowest BCUT2D eigenvalue weighted by molar-refractivity contribution is 0.354. The van der Waals surface area contributed by atoms with Crippen molar-refractivity contribution in [1.29, 1.82) is 0 Å². The van der Waals surface area contributed by atoms with Crippen molar-refractivity contribution in [1.82, 2.24) is 0 Å². The van der Waals surface area contributed by atoms with Crippen LogP contribution in [0.3, 0.4) is 0 Å². The predicted octanol–water partition coefficient (Wildman–Crippen LogP) is 3.68. The van der Waals surface area contributed by atoms with E-state index in [1.165, 1.54) is 16.7 Å². The number of methoxy groups -OCH3 is 2. The van der Waals surface area contributed by atoms with Crippen LogP contribution in [0.25, 0.3) is 0 Å². The molecule has 0 spiro atoms. The molecule has 0 aromatic heterocycles. The van der Waals surface area contributed by atoms with Gasteiger partial charge in [-0.3, -0.25) is 0 Å². The molecule has 3 heteroatoms. The van der Waals surface area contributed by atoms with Crippen molar-refractivity contribution >= 4 is 0 Å². The summed E-state index contributed by atoms with van der Waals surface area (Å²) in [4.78, 5) is 0. The molecule has 112 valence electrons. The highest BCUT2D eigenvalue weighted by molar-refractivity contribution is 5.48. The second kappa shape index (κ2) is 6.19. The van der Waals surface area contributed by atoms with E-state index in [0.29, 0.717) is 11.5 Å². The number of hydrogen-bond acceptors (Lipinski definition) is 3. The molecule has 0 amide bonds. The van der Waals surface area contributed by atoms with Gasteiger partial charge in [0.1, 0.15) is 0 Å². The zero-order valence-electron chi connectivity index (χ0n) is 13.4. The van der Waals surface area contributed by atoms with E-state index >= 15 is 0 Å². The van der Waals surface area contributed by atoms with E-state index in [4.69, 9.17) is 15.2 Å². The van der Waals surface area contributed by atoms with Gasteiger partial charge in [-0.25, -0.2) is 0 Å². The number of aryl methyl sites for hydroxylation is 3. The second-order valence-corrected chi connectivity index (χ2v) is 5.39. The molecule has 2 aromatic carbocycles. The van der Waals surface area contributed by atoms with Gasteiger partial charge < -0.3 is 15.2 Å². The summed E-state index contributed by atoms with van der Waals surface area (Å²) in [6.07, 6.45) is 0. The maximum atomic E-state index is 6.45. The molecule has 2 rings (SSSR count). The van der Waals surface area contributed by atoms with Gasteiger partial charge in [-0.1, -0.05) is 18.2 Å². The van der Waals surface area contributed by atoms with Crippen LogP contribution in [-0.2, 0) is 0 Å². The molecule has 1 unspecified atom stereocenters. The minimum absolute atomic E-state index is 0.177. The number of nitrogens with two attached hydrogens (primary N) is 1. The lowest BCUT2D eigenvalue weighted by Gasteiger charge is -2.18. The highest BCUT2D eigenvalue weighted by atomic mass is 16.5. The van der Waals surface area contributed by atoms with Crippen LogP contribution < -0.4 is 15.2 Å². The van der Waals surface area contributed by atoms with Crippen LogP contribution in [0.2, 0.25) is 0 Å². The van der Waals surface area contributed by atoms with Gasteiger partial charge in [0.2, 0.25) is 0 Å². The molecular formula is C18H23NO2. The summed E-state index contributed by atoms with van der Waals surface area (Å²) >= 11 is 0. The van der Waals surface area contributed by atoms with Crippen LogP contribution in [0.5, 0.6) is 11.5 Å². The Morgan fingerprint density at radius 2 is 1.43 bits per heavy atom. The molecule has 0 saturated carbocycles. The Balaban J connectivity index is 2.45. The van der Waals surface area contributed by atoms with Crippen molar-refractivity contribution in [2.24, 2.45) is 5.73 Å². The van der Waals surface area contributed by atoms with Gasteiger partial charge in [-0.2, -0.15) is 0 Å². The van der Waals surface area contributed by atoms with Crippen LogP contribution in [0.15, 0.2) is 30.3 Å². The first kappa shape index (κ1) is 15.4. The van der Waals surface area contributed by atoms with Gasteiger partial charge in [0.05, 0.1) is 20.3 Å². The fourth-order valence-corrected chi connectivity index (χ4v) is 2.54. The molecule has 0 radical (unpaired) electrons. The molecule has 0 aliphatic carbocycles. The third-order valence-corrected chi connectivity index (χ3v) is 3.98. The van der Waals surface area contributed by atoms with Gasteiger partial charge in [0.15, 0.2) is 11.5 Å². The summed E-state index contributed by atoms with van der Waals surface area (Å²) in [7, 11) is 3.26. The highest BCUT2D eigenvalue weighted by Crippen LogP contribution is 2.32. The monoisotopic (exact) mass is 285 g/mol. The Morgan fingerprint density at radius 1 is 0.810 bits per heavy atom. The van der Waals surface area contributed by atoms with Crippen LogP contribution >= 0.6 is 0 Å². The number of hydrogen-bond donors (Lipinski definition) is 1. The normalized spacial score (nSPS) is 12.1. The zero-order chi connectivity index (χ0) is 15.6. The van der Waals surface area contributed by atoms with E-state index in [0.717, 1.165) is 11.1 Å². The Morgan fingerprint density at radius 3 is 2.05 bits per heavy atom. The fourth-order valence-electron chi connectivity index (χ4n) is 2.54. The average molecular weight is 285 g/mol. The topological polar surface area (TPSA) is 44.5 Å². The quantitative estimate of drug-likeness (QED) is 0.932. The van der Waals surface area contributed by atoms with Crippen LogP contribution in [0.4, 0.5) is 0 Å². The second-order valence-electron chi connectivity index (χ2n) is 5.39. The van der Waals surface area contributed by atoms with Crippen LogP contribution in [0.1, 0.15) is 33.9 Å². The van der Waals surface area contributed by atoms with E-state index in [1.807, 2.05) is 18.2 Å². The number of rotatable bonds is 4. The third-order valence-electron chi connectivity index (χ3n) is 3.98. The summed E-state index contributed by atoms with van der Waals surface area (Å²) in [5.41, 5.74) is 12.4. The Hall–Kier alpha value is -2.00. The smallest absolute Gasteiger partial charge is 0.161 e. The van der Waals surface area contributed by atoms with E-state index in [9.17, 15) is 0 Å². The Kier molecular flexibility index (Phi) is 4.53. The summed E-state index contributed by atoms with van der Waals surface area (Å²) in [5.74, 6) is 1.41. The van der Waals surface area contributed by atoms with Crippen molar-refractivity contribution in [3.8, 4) is 11.5 Å². The molecule has 0 aliphatic rings. The van der Waals surface area contributed by atoms with Crippen LogP contribution in [0, 0.1) is 20.8 Å². The maximum Gasteiger partial charge on any atom is 0.161 e. The lowest BCUT2D eigenvalue weighted by atomic mass is 9.92. The Labute approximate surface area is 126 Å². The van der Waals surface area contributed by atoms with E-state index in [-0.39, 0.29) is 6.04 Å². The molecule has 0 aliphatic heterocycles. The molecule has 3 nitrogen and oxygen atoms in total. The van der Waals surface area contributed by atoms with Gasteiger partial charge in [-0.05, 0) is 60.7 Å². The van der Waals surface area contributed by atoms with Gasteiger partial charge in [0, 0.05) is 0 Å². The van der Waals surface area contributed by atoms with E-state index in [2.05, 4.69) is 32.9 Å². The largest absolute Gasteiger partial charge is 0.493 e. The van der Waals surface area contributed by atoms with Crippen molar-refractivity contribution in [3.05, 3.63) is 58.1 Å². The van der Waals surface area contributed by atoms with E-state index < -0.39 is 0 Å². The molecule has 2 aromatic rings. The van der Waals surface area contributed by atoms with Crippen molar-refractivity contribution < 1.29 is 9.47 Å². The first-order valence-corrected chi connectivity index (χ1v) is 7.03. The fraction of sp³-hybridized carbons (Fsp3) is 0.333. The Bertz CT molecular complexity index is 650. The maximum absolute atomic E-state index is 6.45. The molecule has 1 atom stereocenters. The summed E-state index contributed by atoms with van der Waals surface area (Å²) in [6.45, 7) is 6.33. The SMILES string of the molecule is COc1ccc(C(N)c2cc(C)c(C)cc2C)cc1OC. The average Bonchev–Trinajstić information content (AvgIpc) is 2.49.